The van der Waals surface area contributed by atoms with Gasteiger partial charge in [0.25, 0.3) is 0 Å². The highest BCUT2D eigenvalue weighted by molar-refractivity contribution is 5.98. The van der Waals surface area contributed by atoms with Crippen molar-refractivity contribution in [3.8, 4) is 0 Å². The maximum Gasteiger partial charge on any atom is 0.338 e. The first-order valence-corrected chi connectivity index (χ1v) is 57.0. The Morgan fingerprint density at radius 3 is 0.750 bits per heavy atom. The lowest BCUT2D eigenvalue weighted by molar-refractivity contribution is -0.150. The van der Waals surface area contributed by atoms with Crippen LogP contribution in [0.5, 0.6) is 0 Å². The van der Waals surface area contributed by atoms with E-state index in [0.29, 0.717) is 69.7 Å². The van der Waals surface area contributed by atoms with Crippen LogP contribution in [-0.2, 0) is 107 Å². The van der Waals surface area contributed by atoms with Crippen molar-refractivity contribution in [2.24, 2.45) is 29.6 Å². The summed E-state index contributed by atoms with van der Waals surface area (Å²) in [7, 11) is 0. The number of ketones is 3. The largest absolute Gasteiger partial charge is 0.465 e. The first kappa shape index (κ1) is 120. The number of carbonyl (C=O) groups is 10. The van der Waals surface area contributed by atoms with E-state index in [2.05, 4.69) is 122 Å². The van der Waals surface area contributed by atoms with Gasteiger partial charge in [-0.05, 0) is 259 Å². The van der Waals surface area contributed by atoms with Crippen molar-refractivity contribution in [2.45, 2.75) is 461 Å². The van der Waals surface area contributed by atoms with Crippen LogP contribution in [0.4, 0.5) is 0 Å². The Bertz CT molecular complexity index is 4170. The topological polar surface area (TPSA) is 244 Å². The molecule has 5 aromatic carbocycles. The van der Waals surface area contributed by atoms with Crippen molar-refractivity contribution in [2.75, 3.05) is 46.1 Å². The van der Waals surface area contributed by atoms with Gasteiger partial charge < -0.3 is 34.9 Å². The summed E-state index contributed by atoms with van der Waals surface area (Å²) in [5, 5.41) is 9.32. The molecule has 140 heavy (non-hydrogen) atoms. The zero-order valence-electron chi connectivity index (χ0n) is 89.3. The van der Waals surface area contributed by atoms with Crippen molar-refractivity contribution in [3.63, 3.8) is 0 Å². The third-order valence-electron chi connectivity index (χ3n) is 28.8. The van der Waals surface area contributed by atoms with E-state index in [4.69, 9.17) is 18.9 Å². The van der Waals surface area contributed by atoms with Gasteiger partial charge >= 0.3 is 23.9 Å². The second-order valence-corrected chi connectivity index (χ2v) is 40.8. The quantitative estimate of drug-likeness (QED) is 0.0142. The molecule has 0 spiro atoms. The number of Topliss-reactive ketones (excluding diaryl/α,β-unsaturated/α-hetero) is 3. The van der Waals surface area contributed by atoms with Crippen LogP contribution in [0, 0.1) is 29.6 Å². The van der Waals surface area contributed by atoms with Crippen LogP contribution >= 0.6 is 0 Å². The molecular formula is C123H189N3O14. The Kier molecular flexibility index (Phi) is 63.8. The van der Waals surface area contributed by atoms with Gasteiger partial charge in [0.15, 0.2) is 17.3 Å². The van der Waals surface area contributed by atoms with E-state index in [1.165, 1.54) is 193 Å². The minimum absolute atomic E-state index is 0.0586. The number of fused-ring (bicyclic) bond motifs is 5. The summed E-state index contributed by atoms with van der Waals surface area (Å²) in [4.78, 5) is 124. The first-order chi connectivity index (χ1) is 68.3. The molecule has 5 aromatic rings. The number of unbranched alkanes of at least 4 members (excludes halogenated alkanes) is 33. The summed E-state index contributed by atoms with van der Waals surface area (Å²) in [5.74, 6) is 0.891. The number of esters is 4. The summed E-state index contributed by atoms with van der Waals surface area (Å²) >= 11 is 0. The smallest absolute Gasteiger partial charge is 0.338 e. The van der Waals surface area contributed by atoms with Crippen LogP contribution in [0.3, 0.4) is 0 Å². The van der Waals surface area contributed by atoms with Gasteiger partial charge in [0.2, 0.25) is 17.7 Å². The molecule has 780 valence electrons. The van der Waals surface area contributed by atoms with Crippen molar-refractivity contribution >= 4 is 58.9 Å². The molecule has 0 bridgehead atoms. The molecule has 3 amide bonds. The SMILES string of the molecule is CCCCCC(=O)c1ccc2c(c1)CCC(C(=O)NCCCC)C2.CCCCCCCC(=O)c1ccc2c(c1)CCC(C(=O)NCCCCCC)C2.CCCCCCCCCC(=O)c1ccc2c(c1)CCC(C(=O)NCCCCCCCC)C2.CCCCCCCCOC(=O)c1ccc2c(c1)CCC(C(=O)OCCCCCCCC)C2.CCCCOC(=O)c1ccc2c(c1)CCC(C(=O)OCCCC)C2. The van der Waals surface area contributed by atoms with Gasteiger partial charge in [-0.3, -0.25) is 38.4 Å². The van der Waals surface area contributed by atoms with Crippen LogP contribution in [0.25, 0.3) is 0 Å². The molecule has 10 rings (SSSR count). The molecule has 5 aliphatic carbocycles. The van der Waals surface area contributed by atoms with Crippen LogP contribution in [0.2, 0.25) is 0 Å². The summed E-state index contributed by atoms with van der Waals surface area (Å²) in [6, 6.07) is 29.9. The Morgan fingerprint density at radius 2 is 0.436 bits per heavy atom. The maximum atomic E-state index is 12.6. The molecular weight excluding hydrogens is 1740 g/mol. The Labute approximate surface area is 847 Å². The Morgan fingerprint density at radius 1 is 0.221 bits per heavy atom. The molecule has 17 heteroatoms. The summed E-state index contributed by atoms with van der Waals surface area (Å²) < 4.78 is 21.6. The average molecular weight is 1930 g/mol. The van der Waals surface area contributed by atoms with E-state index in [1.807, 2.05) is 48.5 Å². The minimum Gasteiger partial charge on any atom is -0.465 e. The number of amides is 3. The predicted octanol–water partition coefficient (Wildman–Crippen LogP) is 29.4. The van der Waals surface area contributed by atoms with Gasteiger partial charge in [-0.15, -0.1) is 0 Å². The first-order valence-electron chi connectivity index (χ1n) is 57.0. The third kappa shape index (κ3) is 47.7. The molecule has 5 atom stereocenters. The van der Waals surface area contributed by atoms with Crippen molar-refractivity contribution < 1.29 is 66.9 Å². The molecule has 5 aliphatic rings. The standard InChI is InChI=1S/C29H47NO2.C28H44O4.C25H39NO2.C21H31NO2.C20H28O4/c1-3-5-7-9-11-12-14-16-28(31)26-19-17-25-23-27(20-18-24(25)22-26)29(32)30-21-15-13-10-8-6-4-2;1-3-5-7-9-11-13-19-31-27(29)25-17-15-24-22-26(18-16-23(24)21-25)28(30)32-20-14-12-10-8-6-4-2;1-3-5-7-9-10-12-24(27)22-15-13-21-19-23(16-14-20(21)18-22)25(28)26-17-11-8-6-4-2;1-3-5-7-8-20(23)18-11-9-17-15-19(12-10-16(17)14-18)21(24)22-13-6-4-2;1-3-5-11-23-19(21)17-9-7-16-14-18(10-8-15(16)13-17)20(22)24-12-6-4-2/h17,19,22,27H,3-16,18,20-21,23H2,1-2H3,(H,30,32);15,17,21,26H,3-14,16,18-20,22H2,1-2H3;13,15,18,23H,3-12,14,16-17,19H2,1-2H3,(H,26,28);9,11,14,19H,3-8,10,12-13,15H2,1-2H3,(H,22,24);7,9,13,18H,3-6,8,10-12,14H2,1-2H3. The van der Waals surface area contributed by atoms with Crippen molar-refractivity contribution in [1.29, 1.82) is 0 Å². The number of benzene rings is 5. The van der Waals surface area contributed by atoms with Crippen molar-refractivity contribution in [1.82, 2.24) is 16.0 Å². The molecule has 0 fully saturated rings. The normalized spacial score (nSPS) is 15.8. The molecule has 0 aromatic heterocycles. The van der Waals surface area contributed by atoms with Crippen molar-refractivity contribution in [3.05, 3.63) is 174 Å². The van der Waals surface area contributed by atoms with Gasteiger partial charge in [0.1, 0.15) is 0 Å². The highest BCUT2D eigenvalue weighted by atomic mass is 16.5. The fraction of sp³-hybridized carbons (Fsp3) is 0.675. The second-order valence-electron chi connectivity index (χ2n) is 40.8. The van der Waals surface area contributed by atoms with Crippen LogP contribution in [0.15, 0.2) is 91.0 Å². The van der Waals surface area contributed by atoms with Gasteiger partial charge in [0.05, 0.1) is 49.4 Å². The number of hydrogen-bond acceptors (Lipinski definition) is 14. The molecule has 17 nitrogen and oxygen atoms in total. The average Bonchev–Trinajstić information content (AvgIpc) is 0.834. The monoisotopic (exact) mass is 1930 g/mol. The summed E-state index contributed by atoms with van der Waals surface area (Å²) in [6.45, 7) is 26.1. The molecule has 0 radical (unpaired) electrons. The zero-order chi connectivity index (χ0) is 101. The number of nitrogens with one attached hydrogen (secondary N) is 3. The van der Waals surface area contributed by atoms with E-state index in [1.54, 1.807) is 6.07 Å². The predicted molar refractivity (Wildman–Crippen MR) is 573 cm³/mol. The van der Waals surface area contributed by atoms with E-state index >= 15 is 0 Å². The van der Waals surface area contributed by atoms with Crippen LogP contribution in [-0.4, -0.2) is 105 Å². The lowest BCUT2D eigenvalue weighted by atomic mass is 9.82. The van der Waals surface area contributed by atoms with E-state index in [-0.39, 0.29) is 88.5 Å². The molecule has 0 aliphatic heterocycles. The molecule has 5 unspecified atom stereocenters. The Hall–Kier alpha value is -8.60. The highest BCUT2D eigenvalue weighted by Crippen LogP contribution is 2.34. The van der Waals surface area contributed by atoms with E-state index in [9.17, 15) is 47.9 Å². The van der Waals surface area contributed by atoms with Gasteiger partial charge in [-0.25, -0.2) is 9.59 Å². The number of carbonyl (C=O) groups excluding carboxylic acids is 10. The molecule has 0 heterocycles. The fourth-order valence-electron chi connectivity index (χ4n) is 19.6. The van der Waals surface area contributed by atoms with Crippen LogP contribution in [0.1, 0.15) is 504 Å². The van der Waals surface area contributed by atoms with Gasteiger partial charge in [0, 0.05) is 73.3 Å². The zero-order valence-corrected chi connectivity index (χ0v) is 89.3. The lowest BCUT2D eigenvalue weighted by Crippen LogP contribution is -2.34. The number of rotatable bonds is 63. The molecule has 3 N–H and O–H groups in total. The lowest BCUT2D eigenvalue weighted by Gasteiger charge is -2.24. The van der Waals surface area contributed by atoms with Crippen LogP contribution < -0.4 is 16.0 Å². The number of hydrogen-bond donors (Lipinski definition) is 3. The van der Waals surface area contributed by atoms with E-state index in [0.717, 1.165) is 258 Å². The van der Waals surface area contributed by atoms with Gasteiger partial charge in [-0.2, -0.15) is 0 Å². The number of ether oxygens (including phenoxy) is 4. The Balaban J connectivity index is 0.000000270. The minimum atomic E-state index is -0.257. The fourth-order valence-corrected chi connectivity index (χ4v) is 19.6. The van der Waals surface area contributed by atoms with Gasteiger partial charge in [-0.1, -0.05) is 330 Å². The highest BCUT2D eigenvalue weighted by Gasteiger charge is 2.32. The molecule has 0 saturated carbocycles. The second kappa shape index (κ2) is 74.3. The summed E-state index contributed by atoms with van der Waals surface area (Å²) in [6.07, 6.45) is 64.5. The number of aryl methyl sites for hydroxylation is 5. The maximum absolute atomic E-state index is 12.6. The molecule has 0 saturated heterocycles. The van der Waals surface area contributed by atoms with E-state index < -0.39 is 0 Å². The third-order valence-corrected chi connectivity index (χ3v) is 28.8. The summed E-state index contributed by atoms with van der Waals surface area (Å²) in [5.41, 5.74) is 15.9.